The smallest absolute Gasteiger partial charge is 0.391 e. The minimum Gasteiger partial charge on any atom is -0.503 e. The van der Waals surface area contributed by atoms with E-state index in [-0.39, 0.29) is 5.75 Å². The number of aromatic hydroxyl groups is 1. The molecule has 1 fully saturated rings. The number of pyridine rings is 1. The molecule has 11 heteroatoms. The summed E-state index contributed by atoms with van der Waals surface area (Å²) in [6.07, 6.45) is -10.9. The van der Waals surface area contributed by atoms with Crippen LogP contribution in [-0.4, -0.2) is 41.5 Å². The second-order valence-electron chi connectivity index (χ2n) is 6.06. The molecule has 1 heterocycles. The van der Waals surface area contributed by atoms with Crippen LogP contribution in [0.3, 0.4) is 0 Å². The van der Waals surface area contributed by atoms with Gasteiger partial charge in [-0.3, -0.25) is 4.79 Å². The molecule has 1 amide bonds. The third kappa shape index (κ3) is 4.50. The third-order valence-corrected chi connectivity index (χ3v) is 4.29. The van der Waals surface area contributed by atoms with Crippen molar-refractivity contribution in [1.82, 2.24) is 10.3 Å². The van der Waals surface area contributed by atoms with Gasteiger partial charge in [-0.1, -0.05) is 0 Å². The number of amides is 1. The largest absolute Gasteiger partial charge is 0.503 e. The molecule has 0 saturated heterocycles. The van der Waals surface area contributed by atoms with E-state index < -0.39 is 66.8 Å². The van der Waals surface area contributed by atoms with Gasteiger partial charge in [0.2, 0.25) is 0 Å². The fourth-order valence-corrected chi connectivity index (χ4v) is 2.99. The van der Waals surface area contributed by atoms with Crippen LogP contribution in [0.5, 0.6) is 11.5 Å². The fraction of sp³-hybridized carbons (Fsp3) is 0.600. The minimum absolute atomic E-state index is 0.102. The number of nitrogens with zero attached hydrogens (tertiary/aromatic N) is 1. The van der Waals surface area contributed by atoms with Crippen LogP contribution in [-0.2, 0) is 0 Å². The van der Waals surface area contributed by atoms with E-state index >= 15 is 0 Å². The zero-order valence-electron chi connectivity index (χ0n) is 13.5. The van der Waals surface area contributed by atoms with Gasteiger partial charge < -0.3 is 15.2 Å². The first-order chi connectivity index (χ1) is 11.9. The third-order valence-electron chi connectivity index (χ3n) is 4.29. The number of carbonyl (C=O) groups is 1. The average molecular weight is 386 g/mol. The summed E-state index contributed by atoms with van der Waals surface area (Å²) in [6.45, 7) is 0. The van der Waals surface area contributed by atoms with Gasteiger partial charge >= 0.3 is 12.4 Å². The van der Waals surface area contributed by atoms with Gasteiger partial charge in [0.05, 0.1) is 18.9 Å². The Kier molecular flexibility index (Phi) is 5.57. The molecule has 0 spiro atoms. The van der Waals surface area contributed by atoms with Crippen molar-refractivity contribution in [2.75, 3.05) is 7.11 Å². The highest BCUT2D eigenvalue weighted by Crippen LogP contribution is 2.45. The normalized spacial score (nSPS) is 24.2. The van der Waals surface area contributed by atoms with Crippen LogP contribution in [0.15, 0.2) is 12.3 Å². The van der Waals surface area contributed by atoms with E-state index in [1.54, 1.807) is 0 Å². The molecular weight excluding hydrogens is 370 g/mol. The van der Waals surface area contributed by atoms with Crippen LogP contribution >= 0.6 is 0 Å². The number of nitrogens with one attached hydrogen (secondary N) is 1. The summed E-state index contributed by atoms with van der Waals surface area (Å²) in [5, 5.41) is 12.0. The first-order valence-corrected chi connectivity index (χ1v) is 7.59. The molecule has 1 aliphatic carbocycles. The van der Waals surface area contributed by atoms with E-state index in [9.17, 15) is 36.2 Å². The number of rotatable bonds is 3. The molecule has 2 rings (SSSR count). The van der Waals surface area contributed by atoms with Gasteiger partial charge in [0.15, 0.2) is 17.2 Å². The van der Waals surface area contributed by atoms with Crippen LogP contribution < -0.4 is 10.1 Å². The van der Waals surface area contributed by atoms with Gasteiger partial charge in [-0.2, -0.15) is 26.3 Å². The summed E-state index contributed by atoms with van der Waals surface area (Å²) in [7, 11) is 1.21. The summed E-state index contributed by atoms with van der Waals surface area (Å²) in [5.74, 6) is -6.19. The number of aromatic nitrogens is 1. The molecule has 5 nitrogen and oxygen atoms in total. The van der Waals surface area contributed by atoms with Crippen molar-refractivity contribution in [3.8, 4) is 11.5 Å². The molecule has 146 valence electrons. The maximum atomic E-state index is 13.0. The summed E-state index contributed by atoms with van der Waals surface area (Å²) in [6, 6.07) is -0.117. The molecule has 2 unspecified atom stereocenters. The van der Waals surface area contributed by atoms with Crippen molar-refractivity contribution in [3.05, 3.63) is 18.0 Å². The van der Waals surface area contributed by atoms with Gasteiger partial charge in [0, 0.05) is 18.3 Å². The Hall–Kier alpha value is -2.20. The molecule has 26 heavy (non-hydrogen) atoms. The van der Waals surface area contributed by atoms with Crippen LogP contribution in [0, 0.1) is 11.8 Å². The number of carbonyl (C=O) groups excluding carboxylic acids is 1. The van der Waals surface area contributed by atoms with Gasteiger partial charge in [0.1, 0.15) is 0 Å². The Morgan fingerprint density at radius 1 is 1.15 bits per heavy atom. The van der Waals surface area contributed by atoms with Crippen LogP contribution in [0.1, 0.15) is 29.8 Å². The number of alkyl halides is 6. The quantitative estimate of drug-likeness (QED) is 0.781. The molecule has 1 saturated carbocycles. The van der Waals surface area contributed by atoms with Crippen LogP contribution in [0.25, 0.3) is 0 Å². The lowest BCUT2D eigenvalue weighted by molar-refractivity contribution is -0.225. The van der Waals surface area contributed by atoms with E-state index in [4.69, 9.17) is 4.74 Å². The highest BCUT2D eigenvalue weighted by Gasteiger charge is 2.52. The van der Waals surface area contributed by atoms with Crippen molar-refractivity contribution in [2.24, 2.45) is 11.8 Å². The van der Waals surface area contributed by atoms with Gasteiger partial charge in [-0.25, -0.2) is 4.98 Å². The molecule has 2 N–H and O–H groups in total. The first kappa shape index (κ1) is 20.1. The second-order valence-corrected chi connectivity index (χ2v) is 6.06. The number of ether oxygens (including phenoxy) is 1. The highest BCUT2D eigenvalue weighted by atomic mass is 19.4. The lowest BCUT2D eigenvalue weighted by atomic mass is 9.77. The molecule has 0 radical (unpaired) electrons. The van der Waals surface area contributed by atoms with Gasteiger partial charge in [-0.15, -0.1) is 0 Å². The Morgan fingerprint density at radius 3 is 2.15 bits per heavy atom. The molecule has 2 atom stereocenters. The maximum Gasteiger partial charge on any atom is 0.391 e. The summed E-state index contributed by atoms with van der Waals surface area (Å²) in [4.78, 5) is 15.8. The Labute approximate surface area is 144 Å². The second kappa shape index (κ2) is 7.20. The monoisotopic (exact) mass is 386 g/mol. The number of hydrogen-bond acceptors (Lipinski definition) is 4. The highest BCUT2D eigenvalue weighted by molar-refractivity contribution is 5.95. The zero-order valence-corrected chi connectivity index (χ0v) is 13.5. The Balaban J connectivity index is 2.20. The van der Waals surface area contributed by atoms with Crippen molar-refractivity contribution < 1.29 is 41.0 Å². The van der Waals surface area contributed by atoms with E-state index in [0.717, 1.165) is 6.20 Å². The van der Waals surface area contributed by atoms with E-state index in [2.05, 4.69) is 10.3 Å². The summed E-state index contributed by atoms with van der Waals surface area (Å²) in [5.41, 5.74) is -0.540. The van der Waals surface area contributed by atoms with Gasteiger partial charge in [0.25, 0.3) is 5.91 Å². The minimum atomic E-state index is -4.80. The standard InChI is InChI=1S/C15H16F6N2O3/c1-26-10-2-3-22-11(12(10)24)13(25)23-9-5-7(14(16,17)18)4-8(6-9)15(19,20)21/h2-3,7-9,24H,4-6H2,1H3,(H,23,25). The lowest BCUT2D eigenvalue weighted by Gasteiger charge is -2.36. The Bertz CT molecular complexity index is 640. The fourth-order valence-electron chi connectivity index (χ4n) is 2.99. The first-order valence-electron chi connectivity index (χ1n) is 7.59. The van der Waals surface area contributed by atoms with Crippen molar-refractivity contribution in [2.45, 2.75) is 37.7 Å². The molecule has 1 aliphatic rings. The average Bonchev–Trinajstić information content (AvgIpc) is 2.53. The molecule has 0 aromatic carbocycles. The number of hydrogen-bond donors (Lipinski definition) is 2. The maximum absolute atomic E-state index is 13.0. The molecule has 0 aliphatic heterocycles. The lowest BCUT2D eigenvalue weighted by Crippen LogP contribution is -2.47. The van der Waals surface area contributed by atoms with Crippen molar-refractivity contribution in [1.29, 1.82) is 0 Å². The summed E-state index contributed by atoms with van der Waals surface area (Å²) >= 11 is 0. The van der Waals surface area contributed by atoms with Crippen molar-refractivity contribution >= 4 is 5.91 Å². The molecular formula is C15H16F6N2O3. The SMILES string of the molecule is COc1ccnc(C(=O)NC2CC(C(F)(F)F)CC(C(F)(F)F)C2)c1O. The Morgan fingerprint density at radius 2 is 1.69 bits per heavy atom. The topological polar surface area (TPSA) is 71.5 Å². The van der Waals surface area contributed by atoms with Crippen LogP contribution in [0.2, 0.25) is 0 Å². The van der Waals surface area contributed by atoms with E-state index in [0.29, 0.717) is 0 Å². The number of halogens is 6. The zero-order chi connectivity index (χ0) is 19.7. The van der Waals surface area contributed by atoms with Crippen molar-refractivity contribution in [3.63, 3.8) is 0 Å². The molecule has 1 aromatic rings. The summed E-state index contributed by atoms with van der Waals surface area (Å²) < 4.78 is 82.5. The van der Waals surface area contributed by atoms with E-state index in [1.807, 2.05) is 0 Å². The predicted molar refractivity (Wildman–Crippen MR) is 76.6 cm³/mol. The van der Waals surface area contributed by atoms with Crippen LogP contribution in [0.4, 0.5) is 26.3 Å². The van der Waals surface area contributed by atoms with Gasteiger partial charge in [-0.05, 0) is 19.3 Å². The van der Waals surface area contributed by atoms with E-state index in [1.165, 1.54) is 13.2 Å². The number of methoxy groups -OCH3 is 1. The predicted octanol–water partition coefficient (Wildman–Crippen LogP) is 3.44. The molecule has 1 aromatic heterocycles. The molecule has 0 bridgehead atoms.